The molecule has 0 spiro atoms. The Balaban J connectivity index is 1.50. The molecule has 2 N–H and O–H groups in total. The number of amides is 3. The van der Waals surface area contributed by atoms with Crippen LogP contribution in [0.4, 0.5) is 4.79 Å². The van der Waals surface area contributed by atoms with E-state index in [-0.39, 0.29) is 11.9 Å². The van der Waals surface area contributed by atoms with Crippen LogP contribution in [-0.4, -0.2) is 52.8 Å². The number of carbonyl (C=O) groups excluding carboxylic acids is 2. The topological polar surface area (TPSA) is 79.3 Å². The fraction of sp³-hybridized carbons (Fsp3) is 0.688. The van der Waals surface area contributed by atoms with Gasteiger partial charge >= 0.3 is 6.03 Å². The molecule has 0 radical (unpaired) electrons. The molecule has 0 unspecified atom stereocenters. The summed E-state index contributed by atoms with van der Waals surface area (Å²) in [4.78, 5) is 25.0. The van der Waals surface area contributed by atoms with Gasteiger partial charge in [-0.1, -0.05) is 0 Å². The predicted molar refractivity (Wildman–Crippen MR) is 88.2 cm³/mol. The zero-order valence-electron chi connectivity index (χ0n) is 14.1. The second-order valence-corrected chi connectivity index (χ2v) is 6.02. The van der Waals surface area contributed by atoms with E-state index in [9.17, 15) is 9.59 Å². The molecule has 1 aliphatic rings. The van der Waals surface area contributed by atoms with Crippen LogP contribution in [0.1, 0.15) is 37.1 Å². The Labute approximate surface area is 137 Å². The Morgan fingerprint density at radius 2 is 1.91 bits per heavy atom. The Hall–Kier alpha value is -2.05. The van der Waals surface area contributed by atoms with Gasteiger partial charge in [0.05, 0.1) is 5.69 Å². The lowest BCUT2D eigenvalue weighted by molar-refractivity contribution is -0.127. The van der Waals surface area contributed by atoms with Gasteiger partial charge < -0.3 is 15.5 Å². The summed E-state index contributed by atoms with van der Waals surface area (Å²) in [7, 11) is 0. The number of nitrogens with one attached hydrogen (secondary N) is 2. The smallest absolute Gasteiger partial charge is 0.314 e. The average molecular weight is 321 g/mol. The van der Waals surface area contributed by atoms with Gasteiger partial charge in [0.15, 0.2) is 0 Å². The van der Waals surface area contributed by atoms with E-state index in [1.54, 1.807) is 0 Å². The van der Waals surface area contributed by atoms with E-state index in [2.05, 4.69) is 15.7 Å². The summed E-state index contributed by atoms with van der Waals surface area (Å²) >= 11 is 0. The summed E-state index contributed by atoms with van der Waals surface area (Å²) in [5.41, 5.74) is 2.16. The molecule has 23 heavy (non-hydrogen) atoms. The Morgan fingerprint density at radius 1 is 1.22 bits per heavy atom. The number of hydrogen-bond donors (Lipinski definition) is 2. The molecule has 3 amide bonds. The van der Waals surface area contributed by atoms with E-state index in [1.807, 2.05) is 29.5 Å². The molecular formula is C16H27N5O2. The highest BCUT2D eigenvalue weighted by atomic mass is 16.2. The molecule has 2 rings (SSSR count). The predicted octanol–water partition coefficient (Wildman–Crippen LogP) is 1.20. The van der Waals surface area contributed by atoms with E-state index < -0.39 is 0 Å². The van der Waals surface area contributed by atoms with Crippen molar-refractivity contribution < 1.29 is 9.59 Å². The highest BCUT2D eigenvalue weighted by Gasteiger charge is 2.18. The molecule has 1 aliphatic heterocycles. The third-order valence-electron chi connectivity index (χ3n) is 4.00. The minimum Gasteiger partial charge on any atom is -0.343 e. The van der Waals surface area contributed by atoms with Crippen LogP contribution in [0.15, 0.2) is 6.07 Å². The SMILES string of the molecule is Cc1cc(C)n(CCCNC(=O)NCCCN2CCCC2=O)n1. The fourth-order valence-corrected chi connectivity index (χ4v) is 2.81. The van der Waals surface area contributed by atoms with E-state index in [0.29, 0.717) is 19.5 Å². The lowest BCUT2D eigenvalue weighted by Crippen LogP contribution is -2.38. The molecule has 0 aliphatic carbocycles. The van der Waals surface area contributed by atoms with Crippen molar-refractivity contribution in [2.45, 2.75) is 46.1 Å². The first kappa shape index (κ1) is 17.3. The summed E-state index contributed by atoms with van der Waals surface area (Å²) < 4.78 is 1.96. The molecular weight excluding hydrogens is 294 g/mol. The van der Waals surface area contributed by atoms with Gasteiger partial charge in [-0.25, -0.2) is 4.79 Å². The van der Waals surface area contributed by atoms with Crippen LogP contribution >= 0.6 is 0 Å². The number of likely N-dealkylation sites (tertiary alicyclic amines) is 1. The average Bonchev–Trinajstić information content (AvgIpc) is 3.05. The van der Waals surface area contributed by atoms with E-state index in [0.717, 1.165) is 50.3 Å². The largest absolute Gasteiger partial charge is 0.343 e. The molecule has 7 nitrogen and oxygen atoms in total. The van der Waals surface area contributed by atoms with Crippen molar-refractivity contribution in [3.8, 4) is 0 Å². The zero-order chi connectivity index (χ0) is 16.7. The molecule has 2 heterocycles. The molecule has 128 valence electrons. The van der Waals surface area contributed by atoms with Gasteiger partial charge in [-0.15, -0.1) is 0 Å². The van der Waals surface area contributed by atoms with Crippen molar-refractivity contribution in [3.05, 3.63) is 17.5 Å². The van der Waals surface area contributed by atoms with Gasteiger partial charge in [0.1, 0.15) is 0 Å². The fourth-order valence-electron chi connectivity index (χ4n) is 2.81. The molecule has 7 heteroatoms. The number of carbonyl (C=O) groups is 2. The third kappa shape index (κ3) is 5.58. The molecule has 0 atom stereocenters. The van der Waals surface area contributed by atoms with Gasteiger partial charge in [0, 0.05) is 44.8 Å². The number of urea groups is 1. The monoisotopic (exact) mass is 321 g/mol. The minimum absolute atomic E-state index is 0.147. The summed E-state index contributed by atoms with van der Waals surface area (Å²) in [6.07, 6.45) is 3.27. The lowest BCUT2D eigenvalue weighted by atomic mass is 10.4. The van der Waals surface area contributed by atoms with Crippen molar-refractivity contribution in [2.75, 3.05) is 26.2 Å². The first-order valence-corrected chi connectivity index (χ1v) is 8.37. The molecule has 1 aromatic heterocycles. The van der Waals surface area contributed by atoms with Crippen molar-refractivity contribution in [1.82, 2.24) is 25.3 Å². The maximum Gasteiger partial charge on any atom is 0.314 e. The van der Waals surface area contributed by atoms with Crippen molar-refractivity contribution >= 4 is 11.9 Å². The molecule has 1 saturated heterocycles. The number of nitrogens with zero attached hydrogens (tertiary/aromatic N) is 3. The van der Waals surface area contributed by atoms with Crippen LogP contribution in [0, 0.1) is 13.8 Å². The summed E-state index contributed by atoms with van der Waals surface area (Å²) in [6.45, 7) is 7.61. The van der Waals surface area contributed by atoms with E-state index in [4.69, 9.17) is 0 Å². The van der Waals surface area contributed by atoms with Gasteiger partial charge in [-0.05, 0) is 39.2 Å². The number of hydrogen-bond acceptors (Lipinski definition) is 3. The highest BCUT2D eigenvalue weighted by Crippen LogP contribution is 2.09. The van der Waals surface area contributed by atoms with Gasteiger partial charge in [-0.3, -0.25) is 9.48 Å². The van der Waals surface area contributed by atoms with Gasteiger partial charge in [0.25, 0.3) is 0 Å². The minimum atomic E-state index is -0.147. The first-order valence-electron chi connectivity index (χ1n) is 8.37. The first-order chi connectivity index (χ1) is 11.1. The molecule has 0 aromatic carbocycles. The van der Waals surface area contributed by atoms with Crippen LogP contribution in [0.3, 0.4) is 0 Å². The molecule has 1 aromatic rings. The van der Waals surface area contributed by atoms with Crippen LogP contribution < -0.4 is 10.6 Å². The van der Waals surface area contributed by atoms with Crippen molar-refractivity contribution in [1.29, 1.82) is 0 Å². The van der Waals surface area contributed by atoms with Gasteiger partial charge in [0.2, 0.25) is 5.91 Å². The second kappa shape index (κ2) is 8.55. The number of aryl methyl sites for hydroxylation is 3. The Morgan fingerprint density at radius 3 is 2.48 bits per heavy atom. The van der Waals surface area contributed by atoms with Crippen LogP contribution in [0.25, 0.3) is 0 Å². The second-order valence-electron chi connectivity index (χ2n) is 6.02. The van der Waals surface area contributed by atoms with Crippen LogP contribution in [-0.2, 0) is 11.3 Å². The molecule has 0 saturated carbocycles. The Kier molecular flexibility index (Phi) is 6.43. The number of rotatable bonds is 8. The normalized spacial score (nSPS) is 14.3. The Bertz CT molecular complexity index is 541. The van der Waals surface area contributed by atoms with E-state index >= 15 is 0 Å². The zero-order valence-corrected chi connectivity index (χ0v) is 14.1. The summed E-state index contributed by atoms with van der Waals surface area (Å²) in [5, 5.41) is 10.1. The molecule has 1 fully saturated rings. The van der Waals surface area contributed by atoms with Gasteiger partial charge in [-0.2, -0.15) is 5.10 Å². The summed E-state index contributed by atoms with van der Waals surface area (Å²) in [5.74, 6) is 0.235. The highest BCUT2D eigenvalue weighted by molar-refractivity contribution is 5.78. The number of aromatic nitrogens is 2. The summed E-state index contributed by atoms with van der Waals surface area (Å²) in [6, 6.07) is 1.90. The maximum absolute atomic E-state index is 11.7. The standard InChI is InChI=1S/C16H27N5O2/c1-13-12-14(2)21(19-13)11-5-8-18-16(23)17-7-4-10-20-9-3-6-15(20)22/h12H,3-11H2,1-2H3,(H2,17,18,23). The molecule has 0 bridgehead atoms. The third-order valence-corrected chi connectivity index (χ3v) is 4.00. The lowest BCUT2D eigenvalue weighted by Gasteiger charge is -2.15. The van der Waals surface area contributed by atoms with Crippen molar-refractivity contribution in [2.24, 2.45) is 0 Å². The van der Waals surface area contributed by atoms with Crippen LogP contribution in [0.5, 0.6) is 0 Å². The maximum atomic E-state index is 11.7. The van der Waals surface area contributed by atoms with Crippen LogP contribution in [0.2, 0.25) is 0 Å². The van der Waals surface area contributed by atoms with E-state index in [1.165, 1.54) is 0 Å². The quantitative estimate of drug-likeness (QED) is 0.706. The van der Waals surface area contributed by atoms with Crippen molar-refractivity contribution in [3.63, 3.8) is 0 Å².